The molecule has 1 aliphatic heterocycles. The van der Waals surface area contributed by atoms with E-state index in [1.54, 1.807) is 17.1 Å². The number of rotatable bonds is 3. The van der Waals surface area contributed by atoms with E-state index < -0.39 is 0 Å². The van der Waals surface area contributed by atoms with Crippen LogP contribution < -0.4 is 10.6 Å². The van der Waals surface area contributed by atoms with Crippen LogP contribution in [0.4, 0.5) is 0 Å². The fourth-order valence-electron chi connectivity index (χ4n) is 3.57. The highest BCUT2D eigenvalue weighted by Gasteiger charge is 2.41. The van der Waals surface area contributed by atoms with Gasteiger partial charge >= 0.3 is 0 Å². The maximum absolute atomic E-state index is 12.4. The molecule has 3 heterocycles. The number of aryl methyl sites for hydroxylation is 1. The Morgan fingerprint density at radius 2 is 2.39 bits per heavy atom. The van der Waals surface area contributed by atoms with E-state index in [-0.39, 0.29) is 17.5 Å². The third-order valence-electron chi connectivity index (χ3n) is 4.96. The third-order valence-corrected chi connectivity index (χ3v) is 4.96. The number of hydrogen-bond acceptors (Lipinski definition) is 5. The molecule has 1 saturated carbocycles. The van der Waals surface area contributed by atoms with Gasteiger partial charge in [0.2, 0.25) is 5.89 Å². The van der Waals surface area contributed by atoms with Gasteiger partial charge in [-0.15, -0.1) is 0 Å². The van der Waals surface area contributed by atoms with Crippen LogP contribution >= 0.6 is 0 Å². The van der Waals surface area contributed by atoms with E-state index in [0.29, 0.717) is 11.6 Å². The van der Waals surface area contributed by atoms with Gasteiger partial charge in [0.1, 0.15) is 6.26 Å². The summed E-state index contributed by atoms with van der Waals surface area (Å²) in [6.45, 7) is 0.963. The number of piperidine rings is 1. The summed E-state index contributed by atoms with van der Waals surface area (Å²) in [6.07, 6.45) is 10.6. The average molecular weight is 315 g/mol. The van der Waals surface area contributed by atoms with Gasteiger partial charge in [0.25, 0.3) is 5.91 Å². The molecule has 1 atom stereocenters. The molecule has 4 rings (SSSR count). The van der Waals surface area contributed by atoms with E-state index in [9.17, 15) is 4.79 Å². The quantitative estimate of drug-likeness (QED) is 0.896. The molecular weight excluding hydrogens is 294 g/mol. The lowest BCUT2D eigenvalue weighted by Gasteiger charge is -2.48. The second kappa shape index (κ2) is 5.49. The molecule has 1 spiro atoms. The first kappa shape index (κ1) is 14.4. The Balaban J connectivity index is 1.42. The first-order chi connectivity index (χ1) is 11.1. The Morgan fingerprint density at radius 1 is 1.52 bits per heavy atom. The van der Waals surface area contributed by atoms with Crippen molar-refractivity contribution in [1.82, 2.24) is 25.4 Å². The number of carbonyl (C=O) groups is 1. The van der Waals surface area contributed by atoms with Gasteiger partial charge < -0.3 is 15.1 Å². The van der Waals surface area contributed by atoms with Crippen molar-refractivity contribution >= 4 is 5.91 Å². The van der Waals surface area contributed by atoms with Crippen LogP contribution in [0, 0.1) is 0 Å². The molecule has 7 nitrogen and oxygen atoms in total. The predicted octanol–water partition coefficient (Wildman–Crippen LogP) is 1.48. The van der Waals surface area contributed by atoms with Crippen LogP contribution in [0.15, 0.2) is 23.1 Å². The second-order valence-electron chi connectivity index (χ2n) is 6.66. The molecule has 2 fully saturated rings. The molecule has 2 aromatic heterocycles. The maximum atomic E-state index is 12.4. The van der Waals surface area contributed by atoms with E-state index in [4.69, 9.17) is 4.42 Å². The lowest BCUT2D eigenvalue weighted by Crippen LogP contribution is -2.59. The number of nitrogens with zero attached hydrogens (tertiary/aromatic N) is 3. The lowest BCUT2D eigenvalue weighted by atomic mass is 9.70. The van der Waals surface area contributed by atoms with E-state index in [1.165, 1.54) is 25.5 Å². The first-order valence-corrected chi connectivity index (χ1v) is 8.14. The van der Waals surface area contributed by atoms with E-state index >= 15 is 0 Å². The number of oxazole rings is 1. The summed E-state index contributed by atoms with van der Waals surface area (Å²) in [5.41, 5.74) is 1.35. The van der Waals surface area contributed by atoms with Crippen molar-refractivity contribution in [2.24, 2.45) is 7.05 Å². The van der Waals surface area contributed by atoms with Gasteiger partial charge in [-0.05, 0) is 38.6 Å². The number of carbonyl (C=O) groups excluding carboxylic acids is 1. The summed E-state index contributed by atoms with van der Waals surface area (Å²) in [7, 11) is 1.83. The van der Waals surface area contributed by atoms with Gasteiger partial charge in [0.05, 0.1) is 11.8 Å². The van der Waals surface area contributed by atoms with Gasteiger partial charge in [-0.3, -0.25) is 9.48 Å². The molecule has 1 amide bonds. The number of aromatic nitrogens is 3. The highest BCUT2D eigenvalue weighted by molar-refractivity contribution is 5.92. The minimum absolute atomic E-state index is 0.162. The zero-order valence-corrected chi connectivity index (χ0v) is 13.2. The minimum Gasteiger partial charge on any atom is -0.444 e. The van der Waals surface area contributed by atoms with Crippen molar-refractivity contribution in [3.05, 3.63) is 24.4 Å². The van der Waals surface area contributed by atoms with Crippen molar-refractivity contribution in [1.29, 1.82) is 0 Å². The molecule has 7 heteroatoms. The number of hydrogen-bond donors (Lipinski definition) is 2. The van der Waals surface area contributed by atoms with Crippen LogP contribution in [0.1, 0.15) is 42.6 Å². The monoisotopic (exact) mass is 315 g/mol. The van der Waals surface area contributed by atoms with Crippen molar-refractivity contribution in [3.63, 3.8) is 0 Å². The van der Waals surface area contributed by atoms with Gasteiger partial charge in [-0.25, -0.2) is 4.98 Å². The zero-order valence-electron chi connectivity index (χ0n) is 13.2. The van der Waals surface area contributed by atoms with Gasteiger partial charge in [0.15, 0.2) is 5.69 Å². The molecule has 2 N–H and O–H groups in total. The van der Waals surface area contributed by atoms with Crippen LogP contribution in [-0.4, -0.2) is 38.8 Å². The third kappa shape index (κ3) is 2.76. The van der Waals surface area contributed by atoms with Crippen LogP contribution in [0.25, 0.3) is 11.5 Å². The Kier molecular flexibility index (Phi) is 3.45. The molecule has 1 unspecified atom stereocenters. The summed E-state index contributed by atoms with van der Waals surface area (Å²) in [4.78, 5) is 16.7. The lowest BCUT2D eigenvalue weighted by molar-refractivity contribution is 0.0848. The normalized spacial score (nSPS) is 22.7. The van der Waals surface area contributed by atoms with Crippen molar-refractivity contribution in [2.45, 2.75) is 43.7 Å². The summed E-state index contributed by atoms with van der Waals surface area (Å²) in [5.74, 6) is 0.259. The molecule has 0 aromatic carbocycles. The molecule has 2 aliphatic rings. The largest absolute Gasteiger partial charge is 0.444 e. The Morgan fingerprint density at radius 3 is 3.09 bits per heavy atom. The summed E-state index contributed by atoms with van der Waals surface area (Å²) >= 11 is 0. The Bertz CT molecular complexity index is 716. The number of nitrogens with one attached hydrogen (secondary N) is 2. The molecule has 1 saturated heterocycles. The van der Waals surface area contributed by atoms with Gasteiger partial charge in [-0.1, -0.05) is 0 Å². The molecule has 0 bridgehead atoms. The van der Waals surface area contributed by atoms with E-state index in [1.807, 2.05) is 7.05 Å². The highest BCUT2D eigenvalue weighted by Crippen LogP contribution is 2.38. The van der Waals surface area contributed by atoms with E-state index in [2.05, 4.69) is 20.7 Å². The molecule has 122 valence electrons. The fourth-order valence-corrected chi connectivity index (χ4v) is 3.57. The van der Waals surface area contributed by atoms with Crippen LogP contribution in [0.2, 0.25) is 0 Å². The molecule has 2 aromatic rings. The Hall–Kier alpha value is -2.15. The van der Waals surface area contributed by atoms with E-state index in [0.717, 1.165) is 24.9 Å². The topological polar surface area (TPSA) is 85.0 Å². The van der Waals surface area contributed by atoms with Crippen molar-refractivity contribution in [2.75, 3.05) is 6.54 Å². The minimum atomic E-state index is -0.162. The number of amides is 1. The zero-order chi connectivity index (χ0) is 15.9. The maximum Gasteiger partial charge on any atom is 0.273 e. The van der Waals surface area contributed by atoms with Crippen LogP contribution in [0.3, 0.4) is 0 Å². The summed E-state index contributed by atoms with van der Waals surface area (Å²) < 4.78 is 7.08. The standard InChI is InChI=1S/C16H21N5O2/c1-21-9-11(8-18-21)15-20-13(10-23-15)14(22)19-12-3-6-17-16(7-12)4-2-5-16/h8-10,12,17H,2-7H2,1H3,(H,19,22). The predicted molar refractivity (Wildman–Crippen MR) is 83.8 cm³/mol. The van der Waals surface area contributed by atoms with Crippen LogP contribution in [-0.2, 0) is 7.05 Å². The fraction of sp³-hybridized carbons (Fsp3) is 0.562. The molecule has 0 radical (unpaired) electrons. The van der Waals surface area contributed by atoms with Crippen molar-refractivity contribution in [3.8, 4) is 11.5 Å². The molecule has 1 aliphatic carbocycles. The summed E-state index contributed by atoms with van der Waals surface area (Å²) in [5, 5.41) is 10.8. The molecule has 23 heavy (non-hydrogen) atoms. The van der Waals surface area contributed by atoms with Gasteiger partial charge in [0, 0.05) is 24.8 Å². The first-order valence-electron chi connectivity index (χ1n) is 8.14. The summed E-state index contributed by atoms with van der Waals surface area (Å²) in [6, 6.07) is 0.211. The van der Waals surface area contributed by atoms with Crippen LogP contribution in [0.5, 0.6) is 0 Å². The molecular formula is C16H21N5O2. The van der Waals surface area contributed by atoms with Gasteiger partial charge in [-0.2, -0.15) is 5.10 Å². The van der Waals surface area contributed by atoms with Crippen molar-refractivity contribution < 1.29 is 9.21 Å². The highest BCUT2D eigenvalue weighted by atomic mass is 16.3. The average Bonchev–Trinajstić information content (AvgIpc) is 3.14. The SMILES string of the molecule is Cn1cc(-c2nc(C(=O)NC3CCNC4(CCC4)C3)co2)cn1. The Labute approximate surface area is 134 Å². The second-order valence-corrected chi connectivity index (χ2v) is 6.66. The smallest absolute Gasteiger partial charge is 0.273 e.